The van der Waals surface area contributed by atoms with Crippen molar-refractivity contribution in [1.29, 1.82) is 0 Å². The monoisotopic (exact) mass is 393 g/mol. The summed E-state index contributed by atoms with van der Waals surface area (Å²) >= 11 is 0. The smallest absolute Gasteiger partial charge is 0.225 e. The number of fused-ring (bicyclic) bond motifs is 1. The standard InChI is InChI=1S/C23H31N5O/c1-4-28(3)16-18-9-7-8-17(12-18)14-25-23(24-2)26-15-19-13-22(29)27-21-11-6-5-10-20(19)21/h5-12,19H,4,13-16H2,1-3H3,(H,27,29)(H2,24,25,26). The summed E-state index contributed by atoms with van der Waals surface area (Å²) in [5.74, 6) is 0.934. The fourth-order valence-electron chi connectivity index (χ4n) is 3.57. The molecule has 1 heterocycles. The fraction of sp³-hybridized carbons (Fsp3) is 0.391. The summed E-state index contributed by atoms with van der Waals surface area (Å²) < 4.78 is 0. The number of benzene rings is 2. The van der Waals surface area contributed by atoms with Crippen LogP contribution in [0.3, 0.4) is 0 Å². The molecule has 2 aromatic rings. The van der Waals surface area contributed by atoms with Gasteiger partial charge in [0.2, 0.25) is 5.91 Å². The summed E-state index contributed by atoms with van der Waals surface area (Å²) in [4.78, 5) is 18.6. The summed E-state index contributed by atoms with van der Waals surface area (Å²) in [5.41, 5.74) is 4.61. The molecule has 0 aliphatic carbocycles. The number of guanidine groups is 1. The van der Waals surface area contributed by atoms with Gasteiger partial charge in [0.15, 0.2) is 5.96 Å². The highest BCUT2D eigenvalue weighted by Crippen LogP contribution is 2.31. The topological polar surface area (TPSA) is 68.8 Å². The third-order valence-electron chi connectivity index (χ3n) is 5.29. The van der Waals surface area contributed by atoms with Crippen molar-refractivity contribution in [3.8, 4) is 0 Å². The van der Waals surface area contributed by atoms with Gasteiger partial charge in [0.25, 0.3) is 0 Å². The van der Waals surface area contributed by atoms with E-state index in [1.54, 1.807) is 7.05 Å². The van der Waals surface area contributed by atoms with E-state index < -0.39 is 0 Å². The van der Waals surface area contributed by atoms with E-state index in [4.69, 9.17) is 0 Å². The molecule has 0 radical (unpaired) electrons. The Labute approximate surface area is 173 Å². The Bertz CT molecular complexity index is 864. The maximum atomic E-state index is 12.0. The van der Waals surface area contributed by atoms with E-state index >= 15 is 0 Å². The minimum atomic E-state index is 0.0623. The van der Waals surface area contributed by atoms with Gasteiger partial charge < -0.3 is 20.9 Å². The minimum Gasteiger partial charge on any atom is -0.356 e. The Balaban J connectivity index is 1.56. The molecule has 1 amide bonds. The van der Waals surface area contributed by atoms with Gasteiger partial charge in [0.1, 0.15) is 0 Å². The Hall–Kier alpha value is -2.86. The second-order valence-electron chi connectivity index (χ2n) is 7.49. The van der Waals surface area contributed by atoms with E-state index in [2.05, 4.69) is 70.1 Å². The van der Waals surface area contributed by atoms with Crippen molar-refractivity contribution in [1.82, 2.24) is 15.5 Å². The summed E-state index contributed by atoms with van der Waals surface area (Å²) in [6.07, 6.45) is 0.480. The van der Waals surface area contributed by atoms with Gasteiger partial charge in [-0.05, 0) is 36.3 Å². The van der Waals surface area contributed by atoms with Crippen molar-refractivity contribution in [2.75, 3.05) is 32.5 Å². The van der Waals surface area contributed by atoms with Crippen molar-refractivity contribution in [2.24, 2.45) is 4.99 Å². The molecule has 154 valence electrons. The maximum Gasteiger partial charge on any atom is 0.225 e. The van der Waals surface area contributed by atoms with Crippen LogP contribution in [-0.4, -0.2) is 44.0 Å². The molecule has 1 aliphatic heterocycles. The number of aliphatic imine (C=N–C) groups is 1. The molecule has 6 heteroatoms. The molecule has 3 rings (SSSR count). The molecule has 1 unspecified atom stereocenters. The molecule has 1 atom stereocenters. The first kappa shape index (κ1) is 20.9. The molecule has 6 nitrogen and oxygen atoms in total. The van der Waals surface area contributed by atoms with Crippen LogP contribution in [0.5, 0.6) is 0 Å². The largest absolute Gasteiger partial charge is 0.356 e. The number of anilines is 1. The van der Waals surface area contributed by atoms with E-state index in [0.29, 0.717) is 19.5 Å². The normalized spacial score (nSPS) is 16.3. The third-order valence-corrected chi connectivity index (χ3v) is 5.29. The van der Waals surface area contributed by atoms with Gasteiger partial charge >= 0.3 is 0 Å². The lowest BCUT2D eigenvalue weighted by Crippen LogP contribution is -2.40. The molecular formula is C23H31N5O. The van der Waals surface area contributed by atoms with Crippen LogP contribution < -0.4 is 16.0 Å². The first-order valence-electron chi connectivity index (χ1n) is 10.2. The van der Waals surface area contributed by atoms with E-state index in [1.807, 2.05) is 18.2 Å². The molecule has 0 spiro atoms. The van der Waals surface area contributed by atoms with Crippen LogP contribution >= 0.6 is 0 Å². The zero-order chi connectivity index (χ0) is 20.6. The number of carbonyl (C=O) groups is 1. The number of para-hydroxylation sites is 1. The predicted octanol–water partition coefficient (Wildman–Crippen LogP) is 2.93. The van der Waals surface area contributed by atoms with E-state index in [-0.39, 0.29) is 11.8 Å². The zero-order valence-corrected chi connectivity index (χ0v) is 17.5. The van der Waals surface area contributed by atoms with Crippen LogP contribution in [0.15, 0.2) is 53.5 Å². The molecule has 0 saturated carbocycles. The summed E-state index contributed by atoms with van der Waals surface area (Å²) in [6, 6.07) is 16.6. The average molecular weight is 394 g/mol. The Morgan fingerprint density at radius 1 is 1.17 bits per heavy atom. The molecule has 0 saturated heterocycles. The number of nitrogens with one attached hydrogen (secondary N) is 3. The van der Waals surface area contributed by atoms with Gasteiger partial charge in [-0.2, -0.15) is 0 Å². The molecule has 29 heavy (non-hydrogen) atoms. The van der Waals surface area contributed by atoms with Crippen molar-refractivity contribution >= 4 is 17.6 Å². The van der Waals surface area contributed by atoms with Crippen LogP contribution in [0, 0.1) is 0 Å². The summed E-state index contributed by atoms with van der Waals surface area (Å²) in [6.45, 7) is 5.49. The molecular weight excluding hydrogens is 362 g/mol. The van der Waals surface area contributed by atoms with E-state index in [0.717, 1.165) is 24.7 Å². The van der Waals surface area contributed by atoms with Gasteiger partial charge in [-0.15, -0.1) is 0 Å². The SMILES string of the molecule is CCN(C)Cc1cccc(CNC(=NC)NCC2CC(=O)Nc3ccccc32)c1. The lowest BCUT2D eigenvalue weighted by molar-refractivity contribution is -0.116. The van der Waals surface area contributed by atoms with Crippen LogP contribution in [0.2, 0.25) is 0 Å². The lowest BCUT2D eigenvalue weighted by atomic mass is 9.90. The first-order valence-corrected chi connectivity index (χ1v) is 10.2. The Kier molecular flexibility index (Phi) is 7.25. The fourth-order valence-corrected chi connectivity index (χ4v) is 3.57. The molecule has 2 aromatic carbocycles. The summed E-state index contributed by atoms with van der Waals surface area (Å²) in [7, 11) is 3.89. The van der Waals surface area contributed by atoms with Crippen molar-refractivity contribution in [3.63, 3.8) is 0 Å². The van der Waals surface area contributed by atoms with E-state index in [9.17, 15) is 4.79 Å². The number of carbonyl (C=O) groups excluding carboxylic acids is 1. The average Bonchev–Trinajstić information content (AvgIpc) is 2.73. The zero-order valence-electron chi connectivity index (χ0n) is 17.5. The highest BCUT2D eigenvalue weighted by atomic mass is 16.1. The quantitative estimate of drug-likeness (QED) is 0.500. The minimum absolute atomic E-state index is 0.0623. The molecule has 1 aliphatic rings. The van der Waals surface area contributed by atoms with Crippen LogP contribution in [0.1, 0.15) is 36.0 Å². The van der Waals surface area contributed by atoms with E-state index in [1.165, 1.54) is 16.7 Å². The third kappa shape index (κ3) is 5.81. The molecule has 0 aromatic heterocycles. The summed E-state index contributed by atoms with van der Waals surface area (Å²) in [5, 5.41) is 9.70. The van der Waals surface area contributed by atoms with Crippen LogP contribution in [0.25, 0.3) is 0 Å². The predicted molar refractivity (Wildman–Crippen MR) is 119 cm³/mol. The highest BCUT2D eigenvalue weighted by Gasteiger charge is 2.24. The molecule has 0 fully saturated rings. The van der Waals surface area contributed by atoms with Gasteiger partial charge in [0.05, 0.1) is 0 Å². The highest BCUT2D eigenvalue weighted by molar-refractivity contribution is 5.94. The van der Waals surface area contributed by atoms with Crippen LogP contribution in [0.4, 0.5) is 5.69 Å². The Morgan fingerprint density at radius 3 is 2.76 bits per heavy atom. The number of hydrogen-bond acceptors (Lipinski definition) is 3. The van der Waals surface area contributed by atoms with Gasteiger partial charge in [-0.1, -0.05) is 49.4 Å². The van der Waals surface area contributed by atoms with Gasteiger partial charge in [-0.25, -0.2) is 0 Å². The number of hydrogen-bond donors (Lipinski definition) is 3. The molecule has 0 bridgehead atoms. The number of rotatable bonds is 7. The number of nitrogens with zero attached hydrogens (tertiary/aromatic N) is 2. The maximum absolute atomic E-state index is 12.0. The van der Waals surface area contributed by atoms with Crippen molar-refractivity contribution in [3.05, 3.63) is 65.2 Å². The Morgan fingerprint density at radius 2 is 1.97 bits per heavy atom. The van der Waals surface area contributed by atoms with Gasteiger partial charge in [0, 0.05) is 44.7 Å². The van der Waals surface area contributed by atoms with Crippen LogP contribution in [-0.2, 0) is 17.9 Å². The van der Waals surface area contributed by atoms with Gasteiger partial charge in [-0.3, -0.25) is 9.79 Å². The van der Waals surface area contributed by atoms with Crippen molar-refractivity contribution < 1.29 is 4.79 Å². The first-order chi connectivity index (χ1) is 14.1. The number of amides is 1. The van der Waals surface area contributed by atoms with Crippen molar-refractivity contribution in [2.45, 2.75) is 32.4 Å². The second-order valence-corrected chi connectivity index (χ2v) is 7.49. The molecule has 3 N–H and O–H groups in total. The lowest BCUT2D eigenvalue weighted by Gasteiger charge is -2.26. The second kappa shape index (κ2) is 10.1.